The molecule has 0 aromatic carbocycles. The number of hydrogen-bond acceptors (Lipinski definition) is 6. The Hall–Kier alpha value is -1.67. The van der Waals surface area contributed by atoms with Gasteiger partial charge in [0, 0.05) is 20.4 Å². The van der Waals surface area contributed by atoms with E-state index in [1.165, 1.54) is 6.20 Å². The van der Waals surface area contributed by atoms with Crippen LogP contribution in [0.1, 0.15) is 6.42 Å². The Labute approximate surface area is 119 Å². The lowest BCUT2D eigenvalue weighted by molar-refractivity contribution is -0.117. The average Bonchev–Trinajstić information content (AvgIpc) is 2.35. The Morgan fingerprint density at radius 1 is 1.45 bits per heavy atom. The third-order valence-electron chi connectivity index (χ3n) is 2.61. The van der Waals surface area contributed by atoms with Crippen molar-refractivity contribution in [2.24, 2.45) is 5.73 Å². The number of aromatic nitrogens is 1. The third-order valence-corrected chi connectivity index (χ3v) is 3.59. The number of carbonyl (C=O) groups excluding carboxylic acids is 1. The monoisotopic (exact) mass is 300 g/mol. The quantitative estimate of drug-likeness (QED) is 0.757. The number of anilines is 2. The molecule has 8 heteroatoms. The number of carbonyl (C=O) groups is 1. The number of pyridine rings is 1. The summed E-state index contributed by atoms with van der Waals surface area (Å²) < 4.78 is 22.0. The molecule has 0 fully saturated rings. The van der Waals surface area contributed by atoms with E-state index in [1.54, 1.807) is 12.1 Å². The molecule has 1 heterocycles. The number of nitrogens with zero attached hydrogens (tertiary/aromatic N) is 2. The van der Waals surface area contributed by atoms with Gasteiger partial charge in [0.1, 0.15) is 15.7 Å². The second-order valence-electron chi connectivity index (χ2n) is 4.81. The summed E-state index contributed by atoms with van der Waals surface area (Å²) in [6.45, 7) is 0. The molecule has 0 aliphatic carbocycles. The highest BCUT2D eigenvalue weighted by Crippen LogP contribution is 2.12. The second-order valence-corrected chi connectivity index (χ2v) is 7.07. The molecule has 20 heavy (non-hydrogen) atoms. The molecule has 0 saturated carbocycles. The molecule has 1 aromatic heterocycles. The summed E-state index contributed by atoms with van der Waals surface area (Å²) in [6, 6.07) is 2.61. The highest BCUT2D eigenvalue weighted by atomic mass is 32.2. The van der Waals surface area contributed by atoms with Crippen molar-refractivity contribution in [3.8, 4) is 0 Å². The first kappa shape index (κ1) is 16.4. The van der Waals surface area contributed by atoms with Crippen LogP contribution >= 0.6 is 0 Å². The van der Waals surface area contributed by atoms with Crippen molar-refractivity contribution >= 4 is 27.2 Å². The molecule has 0 aliphatic heterocycles. The van der Waals surface area contributed by atoms with Crippen LogP contribution in [0.3, 0.4) is 0 Å². The zero-order chi connectivity index (χ0) is 15.3. The Kier molecular flexibility index (Phi) is 5.46. The van der Waals surface area contributed by atoms with Crippen LogP contribution in [0.15, 0.2) is 18.3 Å². The molecule has 112 valence electrons. The summed E-state index contributed by atoms with van der Waals surface area (Å²) in [5, 5.41) is 2.60. The molecule has 0 radical (unpaired) electrons. The first-order valence-electron chi connectivity index (χ1n) is 6.06. The minimum atomic E-state index is -3.12. The molecule has 7 nitrogen and oxygen atoms in total. The number of nitrogens with two attached hydrogens (primary N) is 1. The highest BCUT2D eigenvalue weighted by Gasteiger charge is 2.16. The molecule has 0 aliphatic rings. The molecular weight excluding hydrogens is 280 g/mol. The highest BCUT2D eigenvalue weighted by molar-refractivity contribution is 7.90. The Balaban J connectivity index is 2.57. The van der Waals surface area contributed by atoms with Crippen molar-refractivity contribution in [1.82, 2.24) is 4.98 Å². The predicted octanol–water partition coefficient (Wildman–Crippen LogP) is -0.152. The standard InChI is InChI=1S/C12H20N4O3S/c1-16(2)11-5-4-9(8-14-11)15-12(17)10(13)6-7-20(3,18)19/h4-5,8,10H,6-7,13H2,1-3H3,(H,15,17)/t10-/m1/s1. The van der Waals surface area contributed by atoms with Crippen LogP contribution in [0, 0.1) is 0 Å². The van der Waals surface area contributed by atoms with Crippen LogP contribution in [0.2, 0.25) is 0 Å². The van der Waals surface area contributed by atoms with E-state index in [0.717, 1.165) is 12.1 Å². The second kappa shape index (κ2) is 6.67. The Morgan fingerprint density at radius 2 is 2.10 bits per heavy atom. The Morgan fingerprint density at radius 3 is 2.55 bits per heavy atom. The van der Waals surface area contributed by atoms with Gasteiger partial charge >= 0.3 is 0 Å². The van der Waals surface area contributed by atoms with Crippen molar-refractivity contribution in [2.75, 3.05) is 36.3 Å². The lowest BCUT2D eigenvalue weighted by Gasteiger charge is -2.13. The van der Waals surface area contributed by atoms with Gasteiger partial charge in [0.2, 0.25) is 5.91 Å². The normalized spacial score (nSPS) is 12.8. The Bertz CT molecular complexity index is 555. The van der Waals surface area contributed by atoms with Crippen molar-refractivity contribution in [3.05, 3.63) is 18.3 Å². The predicted molar refractivity (Wildman–Crippen MR) is 79.5 cm³/mol. The fourth-order valence-corrected chi connectivity index (χ4v) is 2.11. The smallest absolute Gasteiger partial charge is 0.241 e. The van der Waals surface area contributed by atoms with Gasteiger partial charge in [-0.15, -0.1) is 0 Å². The SMILES string of the molecule is CN(C)c1ccc(NC(=O)[C@H](N)CCS(C)(=O)=O)cn1. The molecule has 0 saturated heterocycles. The van der Waals surface area contributed by atoms with Gasteiger partial charge in [0.15, 0.2) is 0 Å². The van der Waals surface area contributed by atoms with Crippen molar-refractivity contribution in [2.45, 2.75) is 12.5 Å². The summed E-state index contributed by atoms with van der Waals surface area (Å²) in [6.07, 6.45) is 2.73. The van der Waals surface area contributed by atoms with Crippen LogP contribution in [0.5, 0.6) is 0 Å². The molecule has 1 aromatic rings. The van der Waals surface area contributed by atoms with Gasteiger partial charge in [-0.3, -0.25) is 4.79 Å². The minimum Gasteiger partial charge on any atom is -0.363 e. The number of nitrogens with one attached hydrogen (secondary N) is 1. The minimum absolute atomic E-state index is 0.0911. The van der Waals surface area contributed by atoms with E-state index < -0.39 is 21.8 Å². The molecule has 3 N–H and O–H groups in total. The van der Waals surface area contributed by atoms with Gasteiger partial charge in [-0.25, -0.2) is 13.4 Å². The zero-order valence-corrected chi connectivity index (χ0v) is 12.6. The maximum absolute atomic E-state index is 11.8. The van der Waals surface area contributed by atoms with Crippen molar-refractivity contribution < 1.29 is 13.2 Å². The summed E-state index contributed by atoms with van der Waals surface area (Å²) >= 11 is 0. The molecule has 0 spiro atoms. The van der Waals surface area contributed by atoms with E-state index in [1.807, 2.05) is 19.0 Å². The summed E-state index contributed by atoms with van der Waals surface area (Å²) in [5.74, 6) is 0.233. The molecule has 0 unspecified atom stereocenters. The van der Waals surface area contributed by atoms with E-state index in [4.69, 9.17) is 5.73 Å². The van der Waals surface area contributed by atoms with Crippen LogP contribution in [-0.4, -0.2) is 51.5 Å². The van der Waals surface area contributed by atoms with E-state index in [-0.39, 0.29) is 12.2 Å². The number of hydrogen-bond donors (Lipinski definition) is 2. The molecule has 1 rings (SSSR count). The van der Waals surface area contributed by atoms with E-state index in [0.29, 0.717) is 5.69 Å². The third kappa shape index (κ3) is 5.54. The van der Waals surface area contributed by atoms with E-state index in [2.05, 4.69) is 10.3 Å². The lowest BCUT2D eigenvalue weighted by Crippen LogP contribution is -2.37. The molecule has 0 bridgehead atoms. The number of sulfone groups is 1. The number of rotatable bonds is 6. The largest absolute Gasteiger partial charge is 0.363 e. The zero-order valence-electron chi connectivity index (χ0n) is 11.8. The average molecular weight is 300 g/mol. The van der Waals surface area contributed by atoms with Crippen LogP contribution in [-0.2, 0) is 14.6 Å². The van der Waals surface area contributed by atoms with Crippen LogP contribution in [0.25, 0.3) is 0 Å². The van der Waals surface area contributed by atoms with E-state index in [9.17, 15) is 13.2 Å². The van der Waals surface area contributed by atoms with Gasteiger partial charge in [-0.2, -0.15) is 0 Å². The molecule has 1 atom stereocenters. The van der Waals surface area contributed by atoms with Gasteiger partial charge in [-0.1, -0.05) is 0 Å². The maximum atomic E-state index is 11.8. The fraction of sp³-hybridized carbons (Fsp3) is 0.500. The summed E-state index contributed by atoms with van der Waals surface area (Å²) in [4.78, 5) is 17.8. The first-order valence-corrected chi connectivity index (χ1v) is 8.12. The van der Waals surface area contributed by atoms with Gasteiger partial charge in [0.25, 0.3) is 0 Å². The fourth-order valence-electron chi connectivity index (χ4n) is 1.43. The summed E-state index contributed by atoms with van der Waals surface area (Å²) in [7, 11) is 0.607. The number of amides is 1. The van der Waals surface area contributed by atoms with Crippen molar-refractivity contribution in [1.29, 1.82) is 0 Å². The lowest BCUT2D eigenvalue weighted by atomic mass is 10.2. The van der Waals surface area contributed by atoms with Crippen LogP contribution in [0.4, 0.5) is 11.5 Å². The molecule has 1 amide bonds. The van der Waals surface area contributed by atoms with E-state index >= 15 is 0 Å². The summed E-state index contributed by atoms with van der Waals surface area (Å²) in [5.41, 5.74) is 6.17. The van der Waals surface area contributed by atoms with Gasteiger partial charge in [0.05, 0.1) is 23.7 Å². The topological polar surface area (TPSA) is 105 Å². The van der Waals surface area contributed by atoms with Crippen molar-refractivity contribution in [3.63, 3.8) is 0 Å². The first-order chi connectivity index (χ1) is 9.19. The maximum Gasteiger partial charge on any atom is 0.241 e. The van der Waals surface area contributed by atoms with Crippen LogP contribution < -0.4 is 16.0 Å². The molecular formula is C12H20N4O3S. The van der Waals surface area contributed by atoms with Gasteiger partial charge < -0.3 is 16.0 Å². The van der Waals surface area contributed by atoms with Gasteiger partial charge in [-0.05, 0) is 18.6 Å².